The van der Waals surface area contributed by atoms with E-state index < -0.39 is 0 Å². The van der Waals surface area contributed by atoms with Crippen molar-refractivity contribution in [1.29, 1.82) is 0 Å². The van der Waals surface area contributed by atoms with Gasteiger partial charge in [-0.3, -0.25) is 0 Å². The van der Waals surface area contributed by atoms with Crippen molar-refractivity contribution >= 4 is 17.7 Å². The first-order valence-corrected chi connectivity index (χ1v) is 6.24. The topological polar surface area (TPSA) is 35.5 Å². The average molecular weight is 240 g/mol. The predicted octanol–water partition coefficient (Wildman–Crippen LogP) is 2.98. The predicted molar refractivity (Wildman–Crippen MR) is 65.3 cm³/mol. The first kappa shape index (κ1) is 12.9. The zero-order valence-electron chi connectivity index (χ0n) is 9.94. The SMILES string of the molecule is COC(=O)c1ccc(SC)c(OC(C)C)c1. The first-order valence-electron chi connectivity index (χ1n) is 5.01. The summed E-state index contributed by atoms with van der Waals surface area (Å²) in [5, 5.41) is 0. The highest BCUT2D eigenvalue weighted by atomic mass is 32.2. The summed E-state index contributed by atoms with van der Waals surface area (Å²) in [6.45, 7) is 3.91. The van der Waals surface area contributed by atoms with E-state index in [0.717, 1.165) is 10.6 Å². The molecule has 0 spiro atoms. The molecule has 0 saturated heterocycles. The summed E-state index contributed by atoms with van der Waals surface area (Å²) >= 11 is 1.59. The molecular weight excluding hydrogens is 224 g/mol. The van der Waals surface area contributed by atoms with E-state index in [1.165, 1.54) is 7.11 Å². The molecule has 1 rings (SSSR count). The Hall–Kier alpha value is -1.16. The maximum Gasteiger partial charge on any atom is 0.337 e. The maximum absolute atomic E-state index is 11.4. The summed E-state index contributed by atoms with van der Waals surface area (Å²) in [5.74, 6) is 0.381. The summed E-state index contributed by atoms with van der Waals surface area (Å²) in [6.07, 6.45) is 2.05. The third-order valence-corrected chi connectivity index (χ3v) is 2.72. The number of methoxy groups -OCH3 is 1. The second kappa shape index (κ2) is 5.80. The van der Waals surface area contributed by atoms with Crippen LogP contribution in [0.4, 0.5) is 0 Å². The van der Waals surface area contributed by atoms with Crippen molar-refractivity contribution in [3.63, 3.8) is 0 Å². The average Bonchev–Trinajstić information content (AvgIpc) is 2.27. The number of benzene rings is 1. The largest absolute Gasteiger partial charge is 0.490 e. The number of rotatable bonds is 4. The van der Waals surface area contributed by atoms with Gasteiger partial charge in [0.2, 0.25) is 0 Å². The zero-order valence-corrected chi connectivity index (χ0v) is 10.8. The Morgan fingerprint density at radius 3 is 2.56 bits per heavy atom. The molecule has 3 nitrogen and oxygen atoms in total. The molecule has 1 aromatic carbocycles. The van der Waals surface area contributed by atoms with Gasteiger partial charge in [-0.2, -0.15) is 0 Å². The molecule has 0 amide bonds. The molecule has 0 unspecified atom stereocenters. The molecule has 0 saturated carbocycles. The van der Waals surface area contributed by atoms with Crippen molar-refractivity contribution < 1.29 is 14.3 Å². The van der Waals surface area contributed by atoms with Crippen molar-refractivity contribution in [2.75, 3.05) is 13.4 Å². The van der Waals surface area contributed by atoms with Crippen LogP contribution in [0.2, 0.25) is 0 Å². The van der Waals surface area contributed by atoms with E-state index >= 15 is 0 Å². The molecule has 0 bridgehead atoms. The van der Waals surface area contributed by atoms with E-state index in [-0.39, 0.29) is 12.1 Å². The Kier molecular flexibility index (Phi) is 4.68. The second-order valence-corrected chi connectivity index (χ2v) is 4.37. The minimum Gasteiger partial charge on any atom is -0.490 e. The first-order chi connectivity index (χ1) is 7.58. The summed E-state index contributed by atoms with van der Waals surface area (Å²) < 4.78 is 10.3. The van der Waals surface area contributed by atoms with Crippen LogP contribution in [0.1, 0.15) is 24.2 Å². The van der Waals surface area contributed by atoms with Gasteiger partial charge < -0.3 is 9.47 Å². The van der Waals surface area contributed by atoms with Crippen molar-refractivity contribution in [3.05, 3.63) is 23.8 Å². The van der Waals surface area contributed by atoms with E-state index in [9.17, 15) is 4.79 Å². The van der Waals surface area contributed by atoms with Crippen LogP contribution in [0.25, 0.3) is 0 Å². The van der Waals surface area contributed by atoms with Gasteiger partial charge in [0.05, 0.1) is 18.8 Å². The summed E-state index contributed by atoms with van der Waals surface area (Å²) in [4.78, 5) is 12.4. The second-order valence-electron chi connectivity index (χ2n) is 3.52. The molecule has 0 aromatic heterocycles. The summed E-state index contributed by atoms with van der Waals surface area (Å²) in [5.41, 5.74) is 0.510. The van der Waals surface area contributed by atoms with Gasteiger partial charge >= 0.3 is 5.97 Å². The van der Waals surface area contributed by atoms with Crippen LogP contribution in [0, 0.1) is 0 Å². The van der Waals surface area contributed by atoms with Crippen LogP contribution in [0.3, 0.4) is 0 Å². The third-order valence-electron chi connectivity index (χ3n) is 1.95. The summed E-state index contributed by atoms with van der Waals surface area (Å²) in [7, 11) is 1.37. The minimum atomic E-state index is -0.346. The fourth-order valence-corrected chi connectivity index (χ4v) is 1.78. The lowest BCUT2D eigenvalue weighted by atomic mass is 10.2. The van der Waals surface area contributed by atoms with Crippen LogP contribution in [-0.2, 0) is 4.74 Å². The molecule has 88 valence electrons. The minimum absolute atomic E-state index is 0.0822. The van der Waals surface area contributed by atoms with Crippen molar-refractivity contribution in [1.82, 2.24) is 0 Å². The van der Waals surface area contributed by atoms with Gasteiger partial charge in [-0.15, -0.1) is 11.8 Å². The fraction of sp³-hybridized carbons (Fsp3) is 0.417. The highest BCUT2D eigenvalue weighted by Crippen LogP contribution is 2.29. The van der Waals surface area contributed by atoms with Gasteiger partial charge in [0.1, 0.15) is 5.75 Å². The summed E-state index contributed by atoms with van der Waals surface area (Å²) in [6, 6.07) is 5.33. The Balaban J connectivity index is 3.05. The molecule has 0 atom stereocenters. The molecule has 0 heterocycles. The Labute approximate surface area is 100 Å². The molecule has 4 heteroatoms. The van der Waals surface area contributed by atoms with E-state index in [4.69, 9.17) is 4.74 Å². The Bertz CT molecular complexity index is 375. The highest BCUT2D eigenvalue weighted by molar-refractivity contribution is 7.98. The maximum atomic E-state index is 11.4. The molecule has 1 aromatic rings. The molecule has 0 N–H and O–H groups in total. The van der Waals surface area contributed by atoms with Crippen LogP contribution >= 0.6 is 11.8 Å². The number of thioether (sulfide) groups is 1. The standard InChI is InChI=1S/C12H16O3S/c1-8(2)15-10-7-9(12(13)14-3)5-6-11(10)16-4/h5-8H,1-4H3. The Morgan fingerprint density at radius 1 is 1.38 bits per heavy atom. The molecule has 0 fully saturated rings. The van der Waals surface area contributed by atoms with Crippen LogP contribution in [-0.4, -0.2) is 25.4 Å². The molecule has 0 radical (unpaired) electrons. The van der Waals surface area contributed by atoms with Gasteiger partial charge in [-0.05, 0) is 38.3 Å². The number of hydrogen-bond donors (Lipinski definition) is 0. The van der Waals surface area contributed by atoms with E-state index in [2.05, 4.69) is 4.74 Å². The van der Waals surface area contributed by atoms with Gasteiger partial charge in [0.15, 0.2) is 0 Å². The van der Waals surface area contributed by atoms with Crippen molar-refractivity contribution in [2.45, 2.75) is 24.8 Å². The number of carbonyl (C=O) groups excluding carboxylic acids is 1. The third kappa shape index (κ3) is 3.17. The van der Waals surface area contributed by atoms with Gasteiger partial charge in [-0.25, -0.2) is 4.79 Å². The lowest BCUT2D eigenvalue weighted by Gasteiger charge is -2.13. The highest BCUT2D eigenvalue weighted by Gasteiger charge is 2.11. The van der Waals surface area contributed by atoms with E-state index in [1.54, 1.807) is 23.9 Å². The van der Waals surface area contributed by atoms with Gasteiger partial charge in [0.25, 0.3) is 0 Å². The molecular formula is C12H16O3S. The van der Waals surface area contributed by atoms with Crippen molar-refractivity contribution in [3.8, 4) is 5.75 Å². The normalized spacial score (nSPS) is 10.3. The van der Waals surface area contributed by atoms with Crippen LogP contribution in [0.5, 0.6) is 5.75 Å². The Morgan fingerprint density at radius 2 is 2.06 bits per heavy atom. The van der Waals surface area contributed by atoms with E-state index in [0.29, 0.717) is 5.56 Å². The number of ether oxygens (including phenoxy) is 2. The van der Waals surface area contributed by atoms with Crippen molar-refractivity contribution in [2.24, 2.45) is 0 Å². The monoisotopic (exact) mass is 240 g/mol. The molecule has 16 heavy (non-hydrogen) atoms. The molecule has 0 aliphatic heterocycles. The fourth-order valence-electron chi connectivity index (χ4n) is 1.27. The van der Waals surface area contributed by atoms with Gasteiger partial charge in [0, 0.05) is 4.90 Å². The van der Waals surface area contributed by atoms with Crippen LogP contribution < -0.4 is 4.74 Å². The number of esters is 1. The number of hydrogen-bond acceptors (Lipinski definition) is 4. The molecule has 0 aliphatic carbocycles. The zero-order chi connectivity index (χ0) is 12.1. The number of carbonyl (C=O) groups is 1. The van der Waals surface area contributed by atoms with Gasteiger partial charge in [-0.1, -0.05) is 0 Å². The molecule has 0 aliphatic rings. The smallest absolute Gasteiger partial charge is 0.337 e. The lowest BCUT2D eigenvalue weighted by molar-refractivity contribution is 0.0600. The van der Waals surface area contributed by atoms with Crippen LogP contribution in [0.15, 0.2) is 23.1 Å². The van der Waals surface area contributed by atoms with E-state index in [1.807, 2.05) is 26.2 Å². The quantitative estimate of drug-likeness (QED) is 0.598. The lowest BCUT2D eigenvalue weighted by Crippen LogP contribution is -2.08.